The molecule has 0 spiro atoms. The van der Waals surface area contributed by atoms with Crippen LogP contribution in [0, 0.1) is 5.92 Å². The number of imide groups is 1. The quantitative estimate of drug-likeness (QED) is 0.440. The van der Waals surface area contributed by atoms with E-state index in [-0.39, 0.29) is 31.4 Å². The molecule has 1 unspecified atom stereocenters. The highest BCUT2D eigenvalue weighted by atomic mass is 16.5. The molecule has 11 nitrogen and oxygen atoms in total. The number of hydrogen-bond acceptors (Lipinski definition) is 8. The van der Waals surface area contributed by atoms with Crippen molar-refractivity contribution in [3.05, 3.63) is 65.5 Å². The minimum atomic E-state index is -0.672. The summed E-state index contributed by atoms with van der Waals surface area (Å²) in [5, 5.41) is 10.8. The standard InChI is InChI=1S/C28H29N5O6/c34-26-9-8-24(27(35)29-26)32-15-23-22(28(32)36)2-1-3-25(23)39-17-19-14-33(31-30-19)20-4-6-21(7-5-20)38-16-18-10-12-37-13-11-18/h1-7,14,18,24H,8-13,15-17H2,(H,29,34,35). The van der Waals surface area contributed by atoms with Crippen LogP contribution in [0.25, 0.3) is 5.69 Å². The minimum Gasteiger partial charge on any atom is -0.493 e. The van der Waals surface area contributed by atoms with Crippen molar-refractivity contribution in [2.45, 2.75) is 44.9 Å². The number of hydrogen-bond donors (Lipinski definition) is 1. The van der Waals surface area contributed by atoms with Crippen molar-refractivity contribution in [1.29, 1.82) is 0 Å². The fourth-order valence-corrected chi connectivity index (χ4v) is 5.16. The molecule has 3 amide bonds. The number of benzene rings is 2. The molecule has 3 aliphatic heterocycles. The Morgan fingerprint density at radius 1 is 1.00 bits per heavy atom. The average molecular weight is 532 g/mol. The van der Waals surface area contributed by atoms with Gasteiger partial charge in [0.25, 0.3) is 5.91 Å². The minimum absolute atomic E-state index is 0.162. The zero-order valence-electron chi connectivity index (χ0n) is 21.4. The normalized spacial score (nSPS) is 19.6. The van der Waals surface area contributed by atoms with Gasteiger partial charge in [-0.1, -0.05) is 11.3 Å². The number of ether oxygens (including phenoxy) is 3. The number of nitrogens with one attached hydrogen (secondary N) is 1. The molecule has 4 heterocycles. The van der Waals surface area contributed by atoms with E-state index < -0.39 is 11.9 Å². The number of amides is 3. The largest absolute Gasteiger partial charge is 0.493 e. The van der Waals surface area contributed by atoms with Crippen LogP contribution in [0.5, 0.6) is 11.5 Å². The summed E-state index contributed by atoms with van der Waals surface area (Å²) in [4.78, 5) is 38.4. The molecule has 1 aromatic heterocycles. The van der Waals surface area contributed by atoms with E-state index in [1.807, 2.05) is 24.3 Å². The van der Waals surface area contributed by atoms with E-state index >= 15 is 0 Å². The summed E-state index contributed by atoms with van der Waals surface area (Å²) in [6.07, 6.45) is 4.38. The van der Waals surface area contributed by atoms with Gasteiger partial charge in [-0.25, -0.2) is 4.68 Å². The van der Waals surface area contributed by atoms with E-state index in [2.05, 4.69) is 15.6 Å². The molecule has 3 aliphatic rings. The third-order valence-corrected chi connectivity index (χ3v) is 7.38. The number of aromatic nitrogens is 3. The molecule has 0 bridgehead atoms. The van der Waals surface area contributed by atoms with Crippen molar-refractivity contribution in [3.8, 4) is 17.2 Å². The second-order valence-electron chi connectivity index (χ2n) is 9.99. The molecule has 1 atom stereocenters. The molecule has 39 heavy (non-hydrogen) atoms. The highest BCUT2D eigenvalue weighted by molar-refractivity contribution is 6.05. The Balaban J connectivity index is 1.07. The lowest BCUT2D eigenvalue weighted by atomic mass is 10.0. The smallest absolute Gasteiger partial charge is 0.255 e. The van der Waals surface area contributed by atoms with Crippen LogP contribution in [0.4, 0.5) is 0 Å². The van der Waals surface area contributed by atoms with Crippen LogP contribution >= 0.6 is 0 Å². The van der Waals surface area contributed by atoms with E-state index in [1.165, 1.54) is 4.90 Å². The fraction of sp³-hybridized carbons (Fsp3) is 0.393. The van der Waals surface area contributed by atoms with Crippen molar-refractivity contribution >= 4 is 17.7 Å². The lowest BCUT2D eigenvalue weighted by molar-refractivity contribution is -0.136. The second-order valence-corrected chi connectivity index (χ2v) is 9.99. The van der Waals surface area contributed by atoms with Crippen molar-refractivity contribution in [1.82, 2.24) is 25.2 Å². The van der Waals surface area contributed by atoms with Gasteiger partial charge >= 0.3 is 0 Å². The number of piperidine rings is 1. The first kappa shape index (κ1) is 25.1. The molecule has 3 aromatic rings. The van der Waals surface area contributed by atoms with Gasteiger partial charge in [0.2, 0.25) is 11.8 Å². The van der Waals surface area contributed by atoms with Gasteiger partial charge in [-0.3, -0.25) is 19.7 Å². The molecular formula is C28H29N5O6. The van der Waals surface area contributed by atoms with Gasteiger partial charge in [-0.2, -0.15) is 0 Å². The molecule has 2 aromatic carbocycles. The number of fused-ring (bicyclic) bond motifs is 1. The van der Waals surface area contributed by atoms with Gasteiger partial charge in [0.15, 0.2) is 0 Å². The summed E-state index contributed by atoms with van der Waals surface area (Å²) in [5.74, 6) is 0.901. The van der Waals surface area contributed by atoms with Gasteiger partial charge in [0.05, 0.1) is 25.0 Å². The summed E-state index contributed by atoms with van der Waals surface area (Å²) in [6.45, 7) is 2.70. The van der Waals surface area contributed by atoms with Crippen LogP contribution < -0.4 is 14.8 Å². The highest BCUT2D eigenvalue weighted by Crippen LogP contribution is 2.34. The summed E-state index contributed by atoms with van der Waals surface area (Å²) in [6, 6.07) is 12.3. The maximum absolute atomic E-state index is 13.0. The molecule has 6 rings (SSSR count). The Morgan fingerprint density at radius 3 is 2.62 bits per heavy atom. The summed E-state index contributed by atoms with van der Waals surface area (Å²) in [5.41, 5.74) is 2.69. The van der Waals surface area contributed by atoms with E-state index in [9.17, 15) is 14.4 Å². The monoisotopic (exact) mass is 531 g/mol. The lowest BCUT2D eigenvalue weighted by Crippen LogP contribution is -2.52. The molecule has 2 saturated heterocycles. The first-order valence-electron chi connectivity index (χ1n) is 13.2. The molecular weight excluding hydrogens is 502 g/mol. The van der Waals surface area contributed by atoms with Crippen molar-refractivity contribution in [3.63, 3.8) is 0 Å². The van der Waals surface area contributed by atoms with Crippen molar-refractivity contribution < 1.29 is 28.6 Å². The predicted molar refractivity (Wildman–Crippen MR) is 137 cm³/mol. The first-order chi connectivity index (χ1) is 19.0. The number of nitrogens with zero attached hydrogens (tertiary/aromatic N) is 4. The van der Waals surface area contributed by atoms with Crippen LogP contribution in [0.3, 0.4) is 0 Å². The van der Waals surface area contributed by atoms with Gasteiger partial charge in [-0.05, 0) is 61.6 Å². The average Bonchev–Trinajstić information content (AvgIpc) is 3.57. The molecule has 11 heteroatoms. The van der Waals surface area contributed by atoms with E-state index in [4.69, 9.17) is 14.2 Å². The van der Waals surface area contributed by atoms with Gasteiger partial charge < -0.3 is 19.1 Å². The SMILES string of the molecule is O=C1CCC(N2Cc3c(OCc4cn(-c5ccc(OCC6CCOCC6)cc5)nn4)cccc3C2=O)C(=O)N1. The van der Waals surface area contributed by atoms with Crippen LogP contribution in [-0.2, 0) is 27.5 Å². The Bertz CT molecular complexity index is 1380. The zero-order valence-corrected chi connectivity index (χ0v) is 21.4. The fourth-order valence-electron chi connectivity index (χ4n) is 5.16. The number of carbonyl (C=O) groups is 3. The Hall–Kier alpha value is -4.25. The van der Waals surface area contributed by atoms with E-state index in [0.29, 0.717) is 36.0 Å². The third kappa shape index (κ3) is 5.35. The molecule has 0 saturated carbocycles. The van der Waals surface area contributed by atoms with Gasteiger partial charge in [-0.15, -0.1) is 5.10 Å². The van der Waals surface area contributed by atoms with E-state index in [1.54, 1.807) is 29.1 Å². The molecule has 1 N–H and O–H groups in total. The molecule has 2 fully saturated rings. The van der Waals surface area contributed by atoms with Crippen LogP contribution in [0.2, 0.25) is 0 Å². The lowest BCUT2D eigenvalue weighted by Gasteiger charge is -2.29. The third-order valence-electron chi connectivity index (χ3n) is 7.38. The number of rotatable bonds is 8. The van der Waals surface area contributed by atoms with Gasteiger partial charge in [0, 0.05) is 30.8 Å². The van der Waals surface area contributed by atoms with Crippen molar-refractivity contribution in [2.75, 3.05) is 19.8 Å². The van der Waals surface area contributed by atoms with Gasteiger partial charge in [0.1, 0.15) is 29.8 Å². The maximum Gasteiger partial charge on any atom is 0.255 e. The first-order valence-corrected chi connectivity index (χ1v) is 13.2. The van der Waals surface area contributed by atoms with Crippen LogP contribution in [-0.4, -0.2) is 63.5 Å². The van der Waals surface area contributed by atoms with Crippen molar-refractivity contribution in [2.24, 2.45) is 5.92 Å². The molecule has 0 radical (unpaired) electrons. The highest BCUT2D eigenvalue weighted by Gasteiger charge is 2.40. The van der Waals surface area contributed by atoms with E-state index in [0.717, 1.165) is 43.1 Å². The summed E-state index contributed by atoms with van der Waals surface area (Å²) < 4.78 is 19.1. The molecule has 0 aliphatic carbocycles. The second kappa shape index (κ2) is 10.9. The summed E-state index contributed by atoms with van der Waals surface area (Å²) >= 11 is 0. The Morgan fingerprint density at radius 2 is 1.82 bits per heavy atom. The Labute approximate surface area is 225 Å². The molecule has 202 valence electrons. The zero-order chi connectivity index (χ0) is 26.8. The van der Waals surface area contributed by atoms with Crippen LogP contribution in [0.1, 0.15) is 47.3 Å². The summed E-state index contributed by atoms with van der Waals surface area (Å²) in [7, 11) is 0. The Kier molecular flexibility index (Phi) is 6.97. The predicted octanol–water partition coefficient (Wildman–Crippen LogP) is 2.41. The topological polar surface area (TPSA) is 125 Å². The number of carbonyl (C=O) groups excluding carboxylic acids is 3. The van der Waals surface area contributed by atoms with Crippen LogP contribution in [0.15, 0.2) is 48.7 Å². The maximum atomic E-state index is 13.0.